The van der Waals surface area contributed by atoms with E-state index in [1.165, 1.54) is 11.1 Å². The van der Waals surface area contributed by atoms with Gasteiger partial charge in [-0.25, -0.2) is 0 Å². The van der Waals surface area contributed by atoms with Gasteiger partial charge in [0.15, 0.2) is 0 Å². The lowest BCUT2D eigenvalue weighted by atomic mass is 10.0. The van der Waals surface area contributed by atoms with Crippen LogP contribution in [-0.2, 0) is 6.42 Å². The number of benzene rings is 1. The molecule has 0 spiro atoms. The largest absolute Gasteiger partial charge is 0.310 e. The molecule has 0 radical (unpaired) electrons. The number of aryl methyl sites for hydroxylation is 1. The van der Waals surface area contributed by atoms with E-state index in [-0.39, 0.29) is 0 Å². The third-order valence-electron chi connectivity index (χ3n) is 2.80. The molecule has 2 heteroatoms. The van der Waals surface area contributed by atoms with Crippen molar-refractivity contribution in [1.29, 1.82) is 5.26 Å². The van der Waals surface area contributed by atoms with E-state index in [0.717, 1.165) is 19.4 Å². The van der Waals surface area contributed by atoms with Gasteiger partial charge in [-0.2, -0.15) is 5.26 Å². The average Bonchev–Trinajstić information content (AvgIpc) is 2.34. The van der Waals surface area contributed by atoms with Gasteiger partial charge in [-0.05, 0) is 37.4 Å². The monoisotopic (exact) mass is 216 g/mol. The molecule has 1 atom stereocenters. The quantitative estimate of drug-likeness (QED) is 0.741. The van der Waals surface area contributed by atoms with E-state index >= 15 is 0 Å². The fourth-order valence-electron chi connectivity index (χ4n) is 1.65. The van der Waals surface area contributed by atoms with Crippen LogP contribution in [0, 0.1) is 11.3 Å². The van der Waals surface area contributed by atoms with Gasteiger partial charge in [0.2, 0.25) is 0 Å². The standard InChI is InChI=1S/C14H20N2/c1-3-13-6-8-14(9-7-13)12(2)16-11-5-4-10-15/h6-9,12,16H,3-5,11H2,1-2H3. The summed E-state index contributed by atoms with van der Waals surface area (Å²) in [6, 6.07) is 11.3. The summed E-state index contributed by atoms with van der Waals surface area (Å²) in [5, 5.41) is 11.8. The Kier molecular flexibility index (Phi) is 5.60. The maximum absolute atomic E-state index is 8.43. The van der Waals surface area contributed by atoms with Crippen LogP contribution in [0.5, 0.6) is 0 Å². The molecular weight excluding hydrogens is 196 g/mol. The fraction of sp³-hybridized carbons (Fsp3) is 0.500. The van der Waals surface area contributed by atoms with E-state index in [1.54, 1.807) is 0 Å². The smallest absolute Gasteiger partial charge is 0.0622 e. The molecule has 0 amide bonds. The Hall–Kier alpha value is -1.33. The zero-order valence-electron chi connectivity index (χ0n) is 10.2. The van der Waals surface area contributed by atoms with Gasteiger partial charge in [-0.3, -0.25) is 0 Å². The number of hydrogen-bond acceptors (Lipinski definition) is 2. The highest BCUT2D eigenvalue weighted by Gasteiger charge is 2.03. The van der Waals surface area contributed by atoms with E-state index in [1.807, 2.05) is 0 Å². The number of unbranched alkanes of at least 4 members (excludes halogenated alkanes) is 1. The van der Waals surface area contributed by atoms with Crippen molar-refractivity contribution in [3.05, 3.63) is 35.4 Å². The van der Waals surface area contributed by atoms with Crippen LogP contribution in [-0.4, -0.2) is 6.54 Å². The van der Waals surface area contributed by atoms with Gasteiger partial charge < -0.3 is 5.32 Å². The predicted octanol–water partition coefficient (Wildman–Crippen LogP) is 3.20. The van der Waals surface area contributed by atoms with E-state index in [4.69, 9.17) is 5.26 Å². The van der Waals surface area contributed by atoms with Crippen molar-refractivity contribution in [3.8, 4) is 6.07 Å². The Morgan fingerprint density at radius 3 is 2.56 bits per heavy atom. The van der Waals surface area contributed by atoms with Gasteiger partial charge in [0.05, 0.1) is 6.07 Å². The van der Waals surface area contributed by atoms with Crippen LogP contribution < -0.4 is 5.32 Å². The Morgan fingerprint density at radius 2 is 2.00 bits per heavy atom. The second-order valence-corrected chi connectivity index (χ2v) is 4.03. The van der Waals surface area contributed by atoms with Crippen molar-refractivity contribution in [1.82, 2.24) is 5.32 Å². The summed E-state index contributed by atoms with van der Waals surface area (Å²) in [6.45, 7) is 5.23. The molecule has 0 saturated carbocycles. The number of nitriles is 1. The van der Waals surface area contributed by atoms with Crippen LogP contribution in [0.25, 0.3) is 0 Å². The van der Waals surface area contributed by atoms with Gasteiger partial charge in [0.1, 0.15) is 0 Å². The van der Waals surface area contributed by atoms with Gasteiger partial charge >= 0.3 is 0 Å². The summed E-state index contributed by atoms with van der Waals surface area (Å²) in [4.78, 5) is 0. The van der Waals surface area contributed by atoms with Crippen molar-refractivity contribution >= 4 is 0 Å². The molecule has 2 nitrogen and oxygen atoms in total. The van der Waals surface area contributed by atoms with Crippen LogP contribution in [0.3, 0.4) is 0 Å². The van der Waals surface area contributed by atoms with Gasteiger partial charge in [-0.1, -0.05) is 31.2 Å². The second-order valence-electron chi connectivity index (χ2n) is 4.03. The first kappa shape index (κ1) is 12.7. The molecule has 0 bridgehead atoms. The first-order valence-electron chi connectivity index (χ1n) is 5.97. The Morgan fingerprint density at radius 1 is 1.31 bits per heavy atom. The van der Waals surface area contributed by atoms with Crippen molar-refractivity contribution in [2.24, 2.45) is 0 Å². The first-order valence-corrected chi connectivity index (χ1v) is 5.97. The van der Waals surface area contributed by atoms with Crippen LogP contribution in [0.4, 0.5) is 0 Å². The zero-order valence-corrected chi connectivity index (χ0v) is 10.2. The lowest BCUT2D eigenvalue weighted by Gasteiger charge is -2.14. The molecule has 0 aliphatic carbocycles. The zero-order chi connectivity index (χ0) is 11.8. The number of rotatable bonds is 6. The molecule has 0 fully saturated rings. The molecule has 0 aliphatic heterocycles. The molecule has 0 aliphatic rings. The van der Waals surface area contributed by atoms with Crippen LogP contribution in [0.15, 0.2) is 24.3 Å². The SMILES string of the molecule is CCc1ccc(C(C)NCCCC#N)cc1. The van der Waals surface area contributed by atoms with Crippen molar-refractivity contribution < 1.29 is 0 Å². The lowest BCUT2D eigenvalue weighted by Crippen LogP contribution is -2.19. The highest BCUT2D eigenvalue weighted by molar-refractivity contribution is 5.24. The van der Waals surface area contributed by atoms with E-state index in [9.17, 15) is 0 Å². The molecule has 1 aromatic rings. The lowest BCUT2D eigenvalue weighted by molar-refractivity contribution is 0.562. The van der Waals surface area contributed by atoms with Crippen LogP contribution >= 0.6 is 0 Å². The maximum Gasteiger partial charge on any atom is 0.0622 e. The average molecular weight is 216 g/mol. The molecule has 86 valence electrons. The topological polar surface area (TPSA) is 35.8 Å². The van der Waals surface area contributed by atoms with Gasteiger partial charge in [-0.15, -0.1) is 0 Å². The minimum atomic E-state index is 0.365. The van der Waals surface area contributed by atoms with E-state index in [0.29, 0.717) is 12.5 Å². The highest BCUT2D eigenvalue weighted by atomic mass is 14.9. The molecule has 1 N–H and O–H groups in total. The summed E-state index contributed by atoms with van der Waals surface area (Å²) in [5.41, 5.74) is 2.69. The van der Waals surface area contributed by atoms with Crippen LogP contribution in [0.1, 0.15) is 43.9 Å². The maximum atomic E-state index is 8.43. The van der Waals surface area contributed by atoms with Crippen LogP contribution in [0.2, 0.25) is 0 Å². The third-order valence-corrected chi connectivity index (χ3v) is 2.80. The molecule has 16 heavy (non-hydrogen) atoms. The summed E-state index contributed by atoms with van der Waals surface area (Å²) < 4.78 is 0. The molecular formula is C14H20N2. The normalized spacial score (nSPS) is 12.1. The Bertz CT molecular complexity index is 335. The van der Waals surface area contributed by atoms with E-state index in [2.05, 4.69) is 49.5 Å². The van der Waals surface area contributed by atoms with Crippen molar-refractivity contribution in [2.75, 3.05) is 6.54 Å². The summed E-state index contributed by atoms with van der Waals surface area (Å²) in [7, 11) is 0. The summed E-state index contributed by atoms with van der Waals surface area (Å²) in [5.74, 6) is 0. The minimum Gasteiger partial charge on any atom is -0.310 e. The molecule has 0 aromatic heterocycles. The number of hydrogen-bond donors (Lipinski definition) is 1. The van der Waals surface area contributed by atoms with E-state index < -0.39 is 0 Å². The molecule has 1 aromatic carbocycles. The molecule has 0 saturated heterocycles. The molecule has 0 heterocycles. The number of nitrogens with one attached hydrogen (secondary N) is 1. The van der Waals surface area contributed by atoms with Gasteiger partial charge in [0, 0.05) is 12.5 Å². The number of nitrogens with zero attached hydrogens (tertiary/aromatic N) is 1. The molecule has 1 rings (SSSR count). The summed E-state index contributed by atoms with van der Waals surface area (Å²) >= 11 is 0. The fourth-order valence-corrected chi connectivity index (χ4v) is 1.65. The van der Waals surface area contributed by atoms with Crippen molar-refractivity contribution in [3.63, 3.8) is 0 Å². The van der Waals surface area contributed by atoms with Crippen molar-refractivity contribution in [2.45, 2.75) is 39.2 Å². The van der Waals surface area contributed by atoms with Gasteiger partial charge in [0.25, 0.3) is 0 Å². The third kappa shape index (κ3) is 4.04. The highest BCUT2D eigenvalue weighted by Crippen LogP contribution is 2.13. The first-order chi connectivity index (χ1) is 7.77. The Balaban J connectivity index is 2.40. The summed E-state index contributed by atoms with van der Waals surface area (Å²) in [6.07, 6.45) is 2.65. The predicted molar refractivity (Wildman–Crippen MR) is 67.1 cm³/mol. The Labute approximate surface area is 98.3 Å². The minimum absolute atomic E-state index is 0.365. The molecule has 1 unspecified atom stereocenters. The second kappa shape index (κ2) is 7.03.